The molecule has 1 atom stereocenters. The van der Waals surface area contributed by atoms with E-state index in [2.05, 4.69) is 35.8 Å². The molecule has 0 aliphatic rings. The highest BCUT2D eigenvalue weighted by atomic mass is 32.1. The SMILES string of the molecule is CC(C)[C@@H](C)n1ncc2[nH]c(-c3cccn3-c3nccs3)nc21. The smallest absolute Gasteiger partial charge is 0.194 e. The van der Waals surface area contributed by atoms with Crippen LogP contribution < -0.4 is 0 Å². The number of hydrogen-bond acceptors (Lipinski definition) is 4. The second kappa shape index (κ2) is 5.34. The van der Waals surface area contributed by atoms with Gasteiger partial charge in [0.1, 0.15) is 5.52 Å². The zero-order valence-corrected chi connectivity index (χ0v) is 14.1. The van der Waals surface area contributed by atoms with Gasteiger partial charge in [0.05, 0.1) is 17.9 Å². The van der Waals surface area contributed by atoms with Crippen molar-refractivity contribution < 1.29 is 0 Å². The van der Waals surface area contributed by atoms with E-state index in [9.17, 15) is 0 Å². The largest absolute Gasteiger partial charge is 0.334 e. The van der Waals surface area contributed by atoms with E-state index >= 15 is 0 Å². The van der Waals surface area contributed by atoms with Crippen LogP contribution in [0.5, 0.6) is 0 Å². The average Bonchev–Trinajstić information content (AvgIpc) is 3.27. The number of aromatic amines is 1. The lowest BCUT2D eigenvalue weighted by atomic mass is 10.1. The Kier molecular flexibility index (Phi) is 3.30. The number of H-pyrrole nitrogens is 1. The Bertz CT molecular complexity index is 927. The molecule has 23 heavy (non-hydrogen) atoms. The minimum atomic E-state index is 0.300. The first-order valence-corrected chi connectivity index (χ1v) is 8.54. The Balaban J connectivity index is 1.81. The fourth-order valence-electron chi connectivity index (χ4n) is 2.59. The van der Waals surface area contributed by atoms with Crippen LogP contribution in [0.2, 0.25) is 0 Å². The normalized spacial score (nSPS) is 13.2. The lowest BCUT2D eigenvalue weighted by Gasteiger charge is -2.15. The lowest BCUT2D eigenvalue weighted by molar-refractivity contribution is 0.384. The minimum absolute atomic E-state index is 0.300. The van der Waals surface area contributed by atoms with Gasteiger partial charge in [-0.05, 0) is 25.0 Å². The summed E-state index contributed by atoms with van der Waals surface area (Å²) in [5.74, 6) is 1.33. The van der Waals surface area contributed by atoms with E-state index in [1.807, 2.05) is 45.4 Å². The van der Waals surface area contributed by atoms with Gasteiger partial charge in [-0.2, -0.15) is 5.10 Å². The Morgan fingerprint density at radius 3 is 2.87 bits per heavy atom. The van der Waals surface area contributed by atoms with E-state index in [0.29, 0.717) is 12.0 Å². The van der Waals surface area contributed by atoms with Gasteiger partial charge in [-0.15, -0.1) is 11.3 Å². The third kappa shape index (κ3) is 2.28. The first-order chi connectivity index (χ1) is 11.1. The maximum absolute atomic E-state index is 4.79. The Hall–Kier alpha value is -2.41. The number of imidazole rings is 1. The molecule has 6 nitrogen and oxygen atoms in total. The standard InChI is InChI=1S/C16H18N6S/c1-10(2)11(3)22-15-12(9-18-22)19-14(20-15)13-5-4-7-21(13)16-17-6-8-23-16/h4-11H,1-3H3,(H,19,20)/t11-/m1/s1. The molecular weight excluding hydrogens is 308 g/mol. The number of nitrogens with one attached hydrogen (secondary N) is 1. The Labute approximate surface area is 137 Å². The average molecular weight is 326 g/mol. The summed E-state index contributed by atoms with van der Waals surface area (Å²) in [6.07, 6.45) is 5.66. The lowest BCUT2D eigenvalue weighted by Crippen LogP contribution is -2.12. The summed E-state index contributed by atoms with van der Waals surface area (Å²) in [6.45, 7) is 6.56. The number of rotatable bonds is 4. The van der Waals surface area contributed by atoms with Crippen LogP contribution in [0.25, 0.3) is 27.8 Å². The van der Waals surface area contributed by atoms with Crippen LogP contribution in [-0.4, -0.2) is 29.3 Å². The highest BCUT2D eigenvalue weighted by Gasteiger charge is 2.18. The van der Waals surface area contributed by atoms with E-state index < -0.39 is 0 Å². The van der Waals surface area contributed by atoms with E-state index in [1.54, 1.807) is 11.3 Å². The van der Waals surface area contributed by atoms with Gasteiger partial charge in [0.2, 0.25) is 0 Å². The van der Waals surface area contributed by atoms with Crippen molar-refractivity contribution in [2.75, 3.05) is 0 Å². The quantitative estimate of drug-likeness (QED) is 0.619. The minimum Gasteiger partial charge on any atom is -0.334 e. The molecule has 0 spiro atoms. The van der Waals surface area contributed by atoms with E-state index in [0.717, 1.165) is 27.8 Å². The van der Waals surface area contributed by atoms with Gasteiger partial charge in [0.15, 0.2) is 16.6 Å². The molecule has 4 aromatic rings. The van der Waals surface area contributed by atoms with E-state index in [-0.39, 0.29) is 0 Å². The third-order valence-corrected chi connectivity index (χ3v) is 4.98. The summed E-state index contributed by atoms with van der Waals surface area (Å²) in [5, 5.41) is 7.38. The van der Waals surface area contributed by atoms with Gasteiger partial charge in [-0.1, -0.05) is 13.8 Å². The van der Waals surface area contributed by atoms with Crippen molar-refractivity contribution in [3.05, 3.63) is 36.1 Å². The van der Waals surface area contributed by atoms with Crippen LogP contribution in [0.1, 0.15) is 26.8 Å². The summed E-state index contributed by atoms with van der Waals surface area (Å²) < 4.78 is 4.04. The molecule has 1 N–H and O–H groups in total. The summed E-state index contributed by atoms with van der Waals surface area (Å²) >= 11 is 1.60. The molecule has 0 saturated heterocycles. The molecular formula is C16H18N6S. The molecule has 0 amide bonds. The predicted octanol–water partition coefficient (Wildman–Crippen LogP) is 3.89. The van der Waals surface area contributed by atoms with Crippen molar-refractivity contribution in [2.45, 2.75) is 26.8 Å². The van der Waals surface area contributed by atoms with Crippen molar-refractivity contribution in [1.82, 2.24) is 29.3 Å². The first kappa shape index (κ1) is 14.2. The zero-order chi connectivity index (χ0) is 16.0. The summed E-state index contributed by atoms with van der Waals surface area (Å²) in [5.41, 5.74) is 2.85. The topological polar surface area (TPSA) is 64.3 Å². The molecule has 7 heteroatoms. The third-order valence-electron chi connectivity index (χ3n) is 4.21. The van der Waals surface area contributed by atoms with Crippen molar-refractivity contribution in [3.8, 4) is 16.6 Å². The molecule has 118 valence electrons. The zero-order valence-electron chi connectivity index (χ0n) is 13.3. The second-order valence-electron chi connectivity index (χ2n) is 5.97. The van der Waals surface area contributed by atoms with E-state index in [4.69, 9.17) is 4.98 Å². The Morgan fingerprint density at radius 1 is 1.26 bits per heavy atom. The number of hydrogen-bond donors (Lipinski definition) is 1. The monoisotopic (exact) mass is 326 g/mol. The summed E-state index contributed by atoms with van der Waals surface area (Å²) in [4.78, 5) is 12.5. The molecule has 0 aromatic carbocycles. The first-order valence-electron chi connectivity index (χ1n) is 7.66. The van der Waals surface area contributed by atoms with Crippen LogP contribution in [0.3, 0.4) is 0 Å². The predicted molar refractivity (Wildman–Crippen MR) is 91.9 cm³/mol. The fraction of sp³-hybridized carbons (Fsp3) is 0.312. The Morgan fingerprint density at radius 2 is 2.13 bits per heavy atom. The highest BCUT2D eigenvalue weighted by molar-refractivity contribution is 7.12. The van der Waals surface area contributed by atoms with Crippen LogP contribution in [0.15, 0.2) is 36.1 Å². The molecule has 0 aliphatic carbocycles. The second-order valence-corrected chi connectivity index (χ2v) is 6.85. The van der Waals surface area contributed by atoms with Gasteiger partial charge in [0.25, 0.3) is 0 Å². The summed E-state index contributed by atoms with van der Waals surface area (Å²) in [7, 11) is 0. The molecule has 0 radical (unpaired) electrons. The van der Waals surface area contributed by atoms with Gasteiger partial charge < -0.3 is 4.98 Å². The van der Waals surface area contributed by atoms with Gasteiger partial charge in [-0.25, -0.2) is 14.6 Å². The fourth-order valence-corrected chi connectivity index (χ4v) is 3.23. The molecule has 4 aromatic heterocycles. The van der Waals surface area contributed by atoms with Crippen LogP contribution in [0.4, 0.5) is 0 Å². The van der Waals surface area contributed by atoms with Crippen molar-refractivity contribution in [3.63, 3.8) is 0 Å². The molecule has 0 aliphatic heterocycles. The molecule has 0 bridgehead atoms. The number of nitrogens with zero attached hydrogens (tertiary/aromatic N) is 5. The molecule has 0 unspecified atom stereocenters. The van der Waals surface area contributed by atoms with Crippen molar-refractivity contribution in [2.24, 2.45) is 5.92 Å². The molecule has 4 heterocycles. The molecule has 0 saturated carbocycles. The van der Waals surface area contributed by atoms with Crippen molar-refractivity contribution >= 4 is 22.5 Å². The molecule has 4 rings (SSSR count). The van der Waals surface area contributed by atoms with Crippen LogP contribution >= 0.6 is 11.3 Å². The highest BCUT2D eigenvalue weighted by Crippen LogP contribution is 2.27. The van der Waals surface area contributed by atoms with Crippen LogP contribution in [-0.2, 0) is 0 Å². The van der Waals surface area contributed by atoms with Crippen molar-refractivity contribution in [1.29, 1.82) is 0 Å². The van der Waals surface area contributed by atoms with Gasteiger partial charge >= 0.3 is 0 Å². The van der Waals surface area contributed by atoms with E-state index in [1.165, 1.54) is 0 Å². The molecule has 0 fully saturated rings. The maximum atomic E-state index is 4.79. The van der Waals surface area contributed by atoms with Gasteiger partial charge in [0, 0.05) is 17.8 Å². The number of aromatic nitrogens is 6. The summed E-state index contributed by atoms with van der Waals surface area (Å²) in [6, 6.07) is 4.35. The number of thiazole rings is 1. The van der Waals surface area contributed by atoms with Gasteiger partial charge in [-0.3, -0.25) is 4.57 Å². The number of fused-ring (bicyclic) bond motifs is 1. The van der Waals surface area contributed by atoms with Crippen LogP contribution in [0, 0.1) is 5.92 Å². The maximum Gasteiger partial charge on any atom is 0.194 e.